The smallest absolute Gasteiger partial charge is 0.307 e. The fourth-order valence-electron chi connectivity index (χ4n) is 4.85. The van der Waals surface area contributed by atoms with Gasteiger partial charge in [-0.1, -0.05) is 12.1 Å². The first kappa shape index (κ1) is 17.7. The van der Waals surface area contributed by atoms with Gasteiger partial charge >= 0.3 is 5.97 Å². The summed E-state index contributed by atoms with van der Waals surface area (Å²) in [6, 6.07) is 11.8. The number of amides is 1. The van der Waals surface area contributed by atoms with Crippen LogP contribution in [0.2, 0.25) is 0 Å². The number of nitrogens with one attached hydrogen (secondary N) is 1. The molecule has 5 heteroatoms. The molecular formula is C22H24N2O3. The van der Waals surface area contributed by atoms with E-state index in [9.17, 15) is 14.7 Å². The number of aromatic nitrogens is 1. The van der Waals surface area contributed by atoms with Crippen LogP contribution in [-0.2, 0) is 16.0 Å². The first-order valence-electron chi connectivity index (χ1n) is 9.63. The zero-order chi connectivity index (χ0) is 18.8. The second-order valence-corrected chi connectivity index (χ2v) is 7.78. The molecule has 1 aromatic heterocycles. The van der Waals surface area contributed by atoms with Crippen molar-refractivity contribution in [2.24, 2.45) is 23.7 Å². The van der Waals surface area contributed by atoms with Crippen LogP contribution < -0.4 is 5.32 Å². The number of hydrogen-bond acceptors (Lipinski definition) is 3. The van der Waals surface area contributed by atoms with Crippen LogP contribution in [0.4, 0.5) is 5.69 Å². The van der Waals surface area contributed by atoms with Crippen LogP contribution in [-0.4, -0.2) is 22.0 Å². The van der Waals surface area contributed by atoms with Crippen molar-refractivity contribution in [3.05, 3.63) is 59.9 Å². The molecule has 2 bridgehead atoms. The quantitative estimate of drug-likeness (QED) is 0.847. The molecule has 1 amide bonds. The molecule has 27 heavy (non-hydrogen) atoms. The molecule has 0 saturated heterocycles. The van der Waals surface area contributed by atoms with Crippen LogP contribution in [0.1, 0.15) is 36.8 Å². The number of aliphatic carboxylic acids is 1. The van der Waals surface area contributed by atoms with E-state index in [1.165, 1.54) is 5.56 Å². The third-order valence-electron chi connectivity index (χ3n) is 6.19. The van der Waals surface area contributed by atoms with Crippen LogP contribution in [0.25, 0.3) is 0 Å². The van der Waals surface area contributed by atoms with Crippen molar-refractivity contribution >= 4 is 17.6 Å². The summed E-state index contributed by atoms with van der Waals surface area (Å²) >= 11 is 0. The van der Waals surface area contributed by atoms with E-state index in [4.69, 9.17) is 0 Å². The summed E-state index contributed by atoms with van der Waals surface area (Å²) in [6.45, 7) is 0. The first-order chi connectivity index (χ1) is 13.1. The maximum atomic E-state index is 12.9. The predicted molar refractivity (Wildman–Crippen MR) is 102 cm³/mol. The molecule has 3 aliphatic rings. The summed E-state index contributed by atoms with van der Waals surface area (Å²) in [4.78, 5) is 28.6. The second-order valence-electron chi connectivity index (χ2n) is 7.78. The first-order valence-corrected chi connectivity index (χ1v) is 9.63. The lowest BCUT2D eigenvalue weighted by Crippen LogP contribution is -2.49. The third-order valence-corrected chi connectivity index (χ3v) is 6.19. The third kappa shape index (κ3) is 3.72. The van der Waals surface area contributed by atoms with Gasteiger partial charge in [0.25, 0.3) is 0 Å². The van der Waals surface area contributed by atoms with Crippen LogP contribution >= 0.6 is 0 Å². The number of pyridine rings is 1. The van der Waals surface area contributed by atoms with Crippen molar-refractivity contribution in [2.45, 2.75) is 32.1 Å². The molecule has 2 aromatic rings. The molecule has 3 aliphatic carbocycles. The number of carbonyl (C=O) groups excluding carboxylic acids is 1. The van der Waals surface area contributed by atoms with E-state index in [2.05, 4.69) is 10.3 Å². The Bertz CT molecular complexity index is 811. The fraction of sp³-hybridized carbons (Fsp3) is 0.409. The summed E-state index contributed by atoms with van der Waals surface area (Å²) in [5.41, 5.74) is 3.06. The Labute approximate surface area is 158 Å². The molecule has 0 spiro atoms. The number of carboxylic acids is 1. The van der Waals surface area contributed by atoms with Crippen LogP contribution in [0.3, 0.4) is 0 Å². The minimum atomic E-state index is -0.822. The minimum absolute atomic E-state index is 0.140. The molecule has 3 fully saturated rings. The molecule has 2 atom stereocenters. The largest absolute Gasteiger partial charge is 0.481 e. The van der Waals surface area contributed by atoms with Gasteiger partial charge in [0.05, 0.1) is 11.8 Å². The van der Waals surface area contributed by atoms with Crippen molar-refractivity contribution in [1.82, 2.24) is 4.98 Å². The number of benzene rings is 1. The van der Waals surface area contributed by atoms with Crippen molar-refractivity contribution in [3.63, 3.8) is 0 Å². The molecule has 2 N–H and O–H groups in total. The molecule has 5 rings (SSSR count). The van der Waals surface area contributed by atoms with E-state index < -0.39 is 17.8 Å². The number of rotatable bonds is 5. The highest BCUT2D eigenvalue weighted by Crippen LogP contribution is 2.49. The molecule has 140 valence electrons. The zero-order valence-corrected chi connectivity index (χ0v) is 15.2. The standard InChI is InChI=1S/C22H24N2O3/c25-21(19-16-3-5-17(6-4-16)20(19)22(26)27)24-18-7-1-14(2-8-18)13-15-9-11-23-12-10-15/h1-2,7-12,16-17,19-20H,3-6,13H2,(H,24,25)(H,26,27). The van der Waals surface area contributed by atoms with Crippen LogP contribution in [0.15, 0.2) is 48.8 Å². The summed E-state index contributed by atoms with van der Waals surface area (Å²) in [5, 5.41) is 12.6. The van der Waals surface area contributed by atoms with Crippen LogP contribution in [0.5, 0.6) is 0 Å². The lowest BCUT2D eigenvalue weighted by atomic mass is 9.58. The normalized spacial score (nSPS) is 26.5. The van der Waals surface area contributed by atoms with Crippen molar-refractivity contribution in [3.8, 4) is 0 Å². The highest BCUT2D eigenvalue weighted by molar-refractivity contribution is 5.95. The Morgan fingerprint density at radius 2 is 1.44 bits per heavy atom. The minimum Gasteiger partial charge on any atom is -0.481 e. The van der Waals surface area contributed by atoms with Gasteiger partial charge in [-0.05, 0) is 79.3 Å². The van der Waals surface area contributed by atoms with Gasteiger partial charge in [-0.3, -0.25) is 14.6 Å². The Hall–Kier alpha value is -2.69. The summed E-state index contributed by atoms with van der Waals surface area (Å²) in [6.07, 6.45) is 8.19. The summed E-state index contributed by atoms with van der Waals surface area (Å²) in [7, 11) is 0. The summed E-state index contributed by atoms with van der Waals surface area (Å²) in [5.74, 6) is -1.57. The Balaban J connectivity index is 1.44. The fourth-order valence-corrected chi connectivity index (χ4v) is 4.85. The molecular weight excluding hydrogens is 340 g/mol. The predicted octanol–water partition coefficient (Wildman–Crippen LogP) is 3.75. The molecule has 0 aliphatic heterocycles. The number of nitrogens with zero attached hydrogens (tertiary/aromatic N) is 1. The maximum Gasteiger partial charge on any atom is 0.307 e. The van der Waals surface area contributed by atoms with Gasteiger partial charge in [0.1, 0.15) is 0 Å². The monoisotopic (exact) mass is 364 g/mol. The molecule has 2 unspecified atom stereocenters. The molecule has 1 aromatic carbocycles. The average Bonchev–Trinajstić information content (AvgIpc) is 2.70. The number of anilines is 1. The number of hydrogen-bond donors (Lipinski definition) is 2. The number of carboxylic acid groups (broad SMARTS) is 1. The van der Waals surface area contributed by atoms with E-state index in [0.29, 0.717) is 0 Å². The zero-order valence-electron chi connectivity index (χ0n) is 15.2. The van der Waals surface area contributed by atoms with Crippen molar-refractivity contribution < 1.29 is 14.7 Å². The second kappa shape index (κ2) is 7.51. The van der Waals surface area contributed by atoms with Gasteiger partial charge in [-0.25, -0.2) is 0 Å². The van der Waals surface area contributed by atoms with Gasteiger partial charge in [-0.15, -0.1) is 0 Å². The van der Waals surface area contributed by atoms with Crippen molar-refractivity contribution in [2.75, 3.05) is 5.32 Å². The van der Waals surface area contributed by atoms with Gasteiger partial charge in [0.15, 0.2) is 0 Å². The maximum absolute atomic E-state index is 12.9. The Kier molecular flexibility index (Phi) is 4.92. The van der Waals surface area contributed by atoms with Gasteiger partial charge < -0.3 is 10.4 Å². The number of fused-ring (bicyclic) bond motifs is 3. The topological polar surface area (TPSA) is 79.3 Å². The number of carbonyl (C=O) groups is 2. The highest BCUT2D eigenvalue weighted by Gasteiger charge is 2.50. The van der Waals surface area contributed by atoms with Crippen LogP contribution in [0, 0.1) is 23.7 Å². The van der Waals surface area contributed by atoms with E-state index in [-0.39, 0.29) is 17.7 Å². The Morgan fingerprint density at radius 3 is 2.04 bits per heavy atom. The van der Waals surface area contributed by atoms with Crippen molar-refractivity contribution in [1.29, 1.82) is 0 Å². The van der Waals surface area contributed by atoms with E-state index in [1.807, 2.05) is 36.4 Å². The lowest BCUT2D eigenvalue weighted by molar-refractivity contribution is -0.156. The summed E-state index contributed by atoms with van der Waals surface area (Å²) < 4.78 is 0. The average molecular weight is 364 g/mol. The van der Waals surface area contributed by atoms with E-state index in [1.54, 1.807) is 12.4 Å². The SMILES string of the molecule is O=C(O)C1C2CCC(CC2)C1C(=O)Nc1ccc(Cc2ccncc2)cc1. The molecule has 0 radical (unpaired) electrons. The van der Waals surface area contributed by atoms with Gasteiger partial charge in [0.2, 0.25) is 5.91 Å². The van der Waals surface area contributed by atoms with E-state index >= 15 is 0 Å². The molecule has 5 nitrogen and oxygen atoms in total. The van der Waals surface area contributed by atoms with Gasteiger partial charge in [-0.2, -0.15) is 0 Å². The Morgan fingerprint density at radius 1 is 0.889 bits per heavy atom. The van der Waals surface area contributed by atoms with E-state index in [0.717, 1.165) is 43.4 Å². The van der Waals surface area contributed by atoms with Gasteiger partial charge in [0, 0.05) is 18.1 Å². The lowest BCUT2D eigenvalue weighted by Gasteiger charge is -2.45. The highest BCUT2D eigenvalue weighted by atomic mass is 16.4. The molecule has 1 heterocycles. The molecule has 3 saturated carbocycles.